The number of hydrogen-bond acceptors (Lipinski definition) is 6. The number of thiazole rings is 1. The lowest BCUT2D eigenvalue weighted by atomic mass is 10.2. The summed E-state index contributed by atoms with van der Waals surface area (Å²) in [6, 6.07) is 13.4. The summed E-state index contributed by atoms with van der Waals surface area (Å²) in [5.41, 5.74) is 1.21. The van der Waals surface area contributed by atoms with Crippen LogP contribution in [-0.2, 0) is 14.8 Å². The Labute approximate surface area is 161 Å². The molecular formula is C19H18N2O4S2. The molecule has 1 atom stereocenters. The molecule has 2 aromatic carbocycles. The first-order chi connectivity index (χ1) is 13.0. The van der Waals surface area contributed by atoms with E-state index < -0.39 is 16.0 Å². The SMILES string of the molecule is COC(=O)c1ccc(S(=O)(=O)N2CCC[C@H]2c2nc3ccccc3s2)cc1. The number of methoxy groups -OCH3 is 1. The molecule has 0 radical (unpaired) electrons. The van der Waals surface area contributed by atoms with Gasteiger partial charge in [-0.15, -0.1) is 11.3 Å². The van der Waals surface area contributed by atoms with E-state index in [0.29, 0.717) is 12.1 Å². The van der Waals surface area contributed by atoms with Crippen LogP contribution in [0.25, 0.3) is 10.2 Å². The lowest BCUT2D eigenvalue weighted by molar-refractivity contribution is 0.0600. The molecule has 8 heteroatoms. The van der Waals surface area contributed by atoms with Crippen molar-refractivity contribution in [3.05, 3.63) is 59.1 Å². The molecule has 3 aromatic rings. The molecule has 1 aliphatic rings. The molecule has 1 fully saturated rings. The van der Waals surface area contributed by atoms with E-state index in [4.69, 9.17) is 0 Å². The standard InChI is InChI=1S/C19H18N2O4S2/c1-25-19(22)13-8-10-14(11-9-13)27(23,24)21-12-4-6-16(21)18-20-15-5-2-3-7-17(15)26-18/h2-3,5,7-11,16H,4,6,12H2,1H3/t16-/m0/s1. The second kappa shape index (κ2) is 7.03. The normalized spacial score (nSPS) is 18.0. The zero-order chi connectivity index (χ0) is 19.0. The van der Waals surface area contributed by atoms with E-state index in [2.05, 4.69) is 9.72 Å². The summed E-state index contributed by atoms with van der Waals surface area (Å²) >= 11 is 1.54. The van der Waals surface area contributed by atoms with Gasteiger partial charge in [0.15, 0.2) is 0 Å². The number of sulfonamides is 1. The van der Waals surface area contributed by atoms with Crippen molar-refractivity contribution >= 4 is 37.5 Å². The van der Waals surface area contributed by atoms with Crippen molar-refractivity contribution in [1.29, 1.82) is 0 Å². The fourth-order valence-corrected chi connectivity index (χ4v) is 6.17. The summed E-state index contributed by atoms with van der Waals surface area (Å²) in [5, 5.41) is 0.823. The first-order valence-corrected chi connectivity index (χ1v) is 10.8. The summed E-state index contributed by atoms with van der Waals surface area (Å²) in [7, 11) is -2.38. The number of aromatic nitrogens is 1. The number of carbonyl (C=O) groups excluding carboxylic acids is 1. The fourth-order valence-electron chi connectivity index (χ4n) is 3.32. The van der Waals surface area contributed by atoms with E-state index >= 15 is 0 Å². The van der Waals surface area contributed by atoms with Crippen molar-refractivity contribution in [2.45, 2.75) is 23.8 Å². The van der Waals surface area contributed by atoms with Gasteiger partial charge in [-0.05, 0) is 49.2 Å². The number of fused-ring (bicyclic) bond motifs is 1. The van der Waals surface area contributed by atoms with Gasteiger partial charge in [0.25, 0.3) is 0 Å². The van der Waals surface area contributed by atoms with Crippen LogP contribution in [0.5, 0.6) is 0 Å². The number of para-hydroxylation sites is 1. The van der Waals surface area contributed by atoms with Gasteiger partial charge in [0.1, 0.15) is 5.01 Å². The molecule has 2 heterocycles. The first kappa shape index (κ1) is 18.1. The predicted molar refractivity (Wildman–Crippen MR) is 103 cm³/mol. The van der Waals surface area contributed by atoms with Crippen LogP contribution in [0.4, 0.5) is 0 Å². The molecular weight excluding hydrogens is 384 g/mol. The molecule has 140 valence electrons. The van der Waals surface area contributed by atoms with E-state index in [0.717, 1.165) is 28.1 Å². The van der Waals surface area contributed by atoms with Gasteiger partial charge in [-0.2, -0.15) is 4.31 Å². The van der Waals surface area contributed by atoms with Crippen molar-refractivity contribution in [1.82, 2.24) is 9.29 Å². The van der Waals surface area contributed by atoms with Gasteiger partial charge in [-0.25, -0.2) is 18.2 Å². The number of ether oxygens (including phenoxy) is 1. The van der Waals surface area contributed by atoms with Crippen molar-refractivity contribution in [3.63, 3.8) is 0 Å². The summed E-state index contributed by atoms with van der Waals surface area (Å²) in [4.78, 5) is 16.4. The van der Waals surface area contributed by atoms with Gasteiger partial charge >= 0.3 is 5.97 Å². The zero-order valence-electron chi connectivity index (χ0n) is 14.7. The van der Waals surface area contributed by atoms with Gasteiger partial charge < -0.3 is 4.74 Å². The molecule has 1 aromatic heterocycles. The number of carbonyl (C=O) groups is 1. The zero-order valence-corrected chi connectivity index (χ0v) is 16.3. The van der Waals surface area contributed by atoms with Crippen molar-refractivity contribution in [3.8, 4) is 0 Å². The van der Waals surface area contributed by atoms with Crippen LogP contribution in [0.15, 0.2) is 53.4 Å². The van der Waals surface area contributed by atoms with Crippen LogP contribution in [0.3, 0.4) is 0 Å². The molecule has 0 N–H and O–H groups in total. The summed E-state index contributed by atoms with van der Waals surface area (Å²) < 4.78 is 33.6. The highest BCUT2D eigenvalue weighted by Gasteiger charge is 2.37. The fraction of sp³-hybridized carbons (Fsp3) is 0.263. The quantitative estimate of drug-likeness (QED) is 0.623. The average Bonchev–Trinajstić information content (AvgIpc) is 3.34. The van der Waals surface area contributed by atoms with E-state index in [1.165, 1.54) is 35.7 Å². The number of nitrogens with zero attached hydrogens (tertiary/aromatic N) is 2. The maximum absolute atomic E-state index is 13.2. The Morgan fingerprint density at radius 2 is 1.93 bits per heavy atom. The maximum atomic E-state index is 13.2. The molecule has 0 bridgehead atoms. The second-order valence-electron chi connectivity index (χ2n) is 6.31. The lowest BCUT2D eigenvalue weighted by Gasteiger charge is -2.22. The molecule has 0 spiro atoms. The summed E-state index contributed by atoms with van der Waals surface area (Å²) in [5.74, 6) is -0.493. The van der Waals surface area contributed by atoms with E-state index in [9.17, 15) is 13.2 Å². The van der Waals surface area contributed by atoms with Crippen LogP contribution >= 0.6 is 11.3 Å². The minimum absolute atomic E-state index is 0.170. The first-order valence-electron chi connectivity index (χ1n) is 8.56. The number of benzene rings is 2. The Balaban J connectivity index is 1.66. The van der Waals surface area contributed by atoms with Crippen LogP contribution in [0.2, 0.25) is 0 Å². The highest BCUT2D eigenvalue weighted by molar-refractivity contribution is 7.89. The molecule has 4 rings (SSSR count). The lowest BCUT2D eigenvalue weighted by Crippen LogP contribution is -2.30. The van der Waals surface area contributed by atoms with Crippen molar-refractivity contribution < 1.29 is 17.9 Å². The van der Waals surface area contributed by atoms with Crippen molar-refractivity contribution in [2.75, 3.05) is 13.7 Å². The highest BCUT2D eigenvalue weighted by Crippen LogP contribution is 2.39. The third-order valence-electron chi connectivity index (χ3n) is 4.68. The van der Waals surface area contributed by atoms with Gasteiger partial charge in [0.2, 0.25) is 10.0 Å². The highest BCUT2D eigenvalue weighted by atomic mass is 32.2. The third kappa shape index (κ3) is 3.24. The minimum atomic E-state index is -3.67. The summed E-state index contributed by atoms with van der Waals surface area (Å²) in [6.07, 6.45) is 1.54. The Hall–Kier alpha value is -2.29. The second-order valence-corrected chi connectivity index (χ2v) is 9.26. The van der Waals surface area contributed by atoms with Gasteiger partial charge in [0, 0.05) is 6.54 Å². The van der Waals surface area contributed by atoms with E-state index in [1.807, 2.05) is 24.3 Å². The Bertz CT molecular complexity index is 1060. The van der Waals surface area contributed by atoms with Crippen LogP contribution in [0, 0.1) is 0 Å². The predicted octanol–water partition coefficient (Wildman–Crippen LogP) is 3.61. The van der Waals surface area contributed by atoms with Crippen molar-refractivity contribution in [2.24, 2.45) is 0 Å². The Kier molecular flexibility index (Phi) is 4.71. The van der Waals surface area contributed by atoms with E-state index in [1.54, 1.807) is 11.3 Å². The maximum Gasteiger partial charge on any atom is 0.337 e. The van der Waals surface area contributed by atoms with Gasteiger partial charge in [-0.3, -0.25) is 0 Å². The topological polar surface area (TPSA) is 76.6 Å². The molecule has 1 saturated heterocycles. The largest absolute Gasteiger partial charge is 0.465 e. The molecule has 0 amide bonds. The molecule has 0 saturated carbocycles. The summed E-state index contributed by atoms with van der Waals surface area (Å²) in [6.45, 7) is 0.460. The van der Waals surface area contributed by atoms with Crippen LogP contribution < -0.4 is 0 Å². The monoisotopic (exact) mass is 402 g/mol. The third-order valence-corrected chi connectivity index (χ3v) is 7.74. The van der Waals surface area contributed by atoms with E-state index in [-0.39, 0.29) is 10.9 Å². The smallest absolute Gasteiger partial charge is 0.337 e. The molecule has 6 nitrogen and oxygen atoms in total. The number of esters is 1. The van der Waals surface area contributed by atoms with Gasteiger partial charge in [0.05, 0.1) is 33.8 Å². The minimum Gasteiger partial charge on any atom is -0.465 e. The van der Waals surface area contributed by atoms with Crippen LogP contribution in [0.1, 0.15) is 34.2 Å². The number of rotatable bonds is 4. The molecule has 1 aliphatic heterocycles. The Morgan fingerprint density at radius 3 is 2.63 bits per heavy atom. The van der Waals surface area contributed by atoms with Crippen LogP contribution in [-0.4, -0.2) is 37.3 Å². The Morgan fingerprint density at radius 1 is 1.19 bits per heavy atom. The van der Waals surface area contributed by atoms with Gasteiger partial charge in [-0.1, -0.05) is 12.1 Å². The average molecular weight is 402 g/mol. The molecule has 0 unspecified atom stereocenters. The molecule has 27 heavy (non-hydrogen) atoms. The molecule has 0 aliphatic carbocycles. The number of hydrogen-bond donors (Lipinski definition) is 0.